The Morgan fingerprint density at radius 2 is 1.57 bits per heavy atom. The molecule has 2 aromatic rings. The molecule has 2 rings (SSSR count). The van der Waals surface area contributed by atoms with E-state index in [-0.39, 0.29) is 16.8 Å². The van der Waals surface area contributed by atoms with Crippen LogP contribution in [0, 0.1) is 0 Å². The number of amides is 1. The Labute approximate surface area is 167 Å². The van der Waals surface area contributed by atoms with Crippen LogP contribution in [-0.2, 0) is 14.3 Å². The van der Waals surface area contributed by atoms with E-state index in [0.29, 0.717) is 17.2 Å². The van der Waals surface area contributed by atoms with Gasteiger partial charge in [-0.05, 0) is 36.8 Å². The lowest BCUT2D eigenvalue weighted by atomic mass is 10.1. The summed E-state index contributed by atoms with van der Waals surface area (Å²) in [5, 5.41) is 3.03. The summed E-state index contributed by atoms with van der Waals surface area (Å²) in [6.07, 6.45) is -0.458. The second-order valence-electron chi connectivity index (χ2n) is 5.72. The van der Waals surface area contributed by atoms with Crippen LogP contribution in [0.2, 0.25) is 5.02 Å². The highest BCUT2D eigenvalue weighted by Gasteiger charge is 2.21. The highest BCUT2D eigenvalue weighted by molar-refractivity contribution is 6.32. The first-order valence-electron chi connectivity index (χ1n) is 8.43. The van der Waals surface area contributed by atoms with E-state index >= 15 is 0 Å². The van der Waals surface area contributed by atoms with E-state index in [1.54, 1.807) is 31.2 Å². The standard InChI is InChI=1S/C20H20ClNO6/c1-4-16(28-17-8-6-5-7-15(17)21)18(23)22-14-10-12(19(24)26-2)9-13(11-14)20(25)27-3/h5-11,16H,4H2,1-3H3,(H,22,23)/t16-/m1/s1. The zero-order valence-corrected chi connectivity index (χ0v) is 16.4. The molecular formula is C20H20ClNO6. The van der Waals surface area contributed by atoms with Gasteiger partial charge in [-0.1, -0.05) is 30.7 Å². The molecule has 1 N–H and O–H groups in total. The van der Waals surface area contributed by atoms with Crippen molar-refractivity contribution in [1.29, 1.82) is 0 Å². The van der Waals surface area contributed by atoms with Crippen LogP contribution >= 0.6 is 11.6 Å². The lowest BCUT2D eigenvalue weighted by molar-refractivity contribution is -0.122. The van der Waals surface area contributed by atoms with Crippen molar-refractivity contribution in [3.05, 3.63) is 58.6 Å². The Morgan fingerprint density at radius 3 is 2.07 bits per heavy atom. The summed E-state index contributed by atoms with van der Waals surface area (Å²) in [5.74, 6) is -1.38. The van der Waals surface area contributed by atoms with E-state index in [1.165, 1.54) is 32.4 Å². The van der Waals surface area contributed by atoms with Crippen LogP contribution < -0.4 is 10.1 Å². The number of halogens is 1. The fourth-order valence-electron chi connectivity index (χ4n) is 2.41. The molecule has 0 aliphatic rings. The average Bonchev–Trinajstić information content (AvgIpc) is 2.71. The molecule has 0 aromatic heterocycles. The van der Waals surface area contributed by atoms with E-state index in [9.17, 15) is 14.4 Å². The van der Waals surface area contributed by atoms with Gasteiger partial charge in [0, 0.05) is 5.69 Å². The molecule has 0 aliphatic carbocycles. The van der Waals surface area contributed by atoms with Gasteiger partial charge in [0.1, 0.15) is 5.75 Å². The molecule has 0 unspecified atom stereocenters. The van der Waals surface area contributed by atoms with E-state index in [0.717, 1.165) is 0 Å². The van der Waals surface area contributed by atoms with Gasteiger partial charge in [-0.3, -0.25) is 4.79 Å². The topological polar surface area (TPSA) is 90.9 Å². The Kier molecular flexibility index (Phi) is 7.40. The second kappa shape index (κ2) is 9.75. The van der Waals surface area contributed by atoms with Gasteiger partial charge in [-0.25, -0.2) is 9.59 Å². The van der Waals surface area contributed by atoms with Crippen molar-refractivity contribution < 1.29 is 28.6 Å². The maximum absolute atomic E-state index is 12.6. The Hall–Kier alpha value is -3.06. The van der Waals surface area contributed by atoms with Crippen LogP contribution in [0.3, 0.4) is 0 Å². The SMILES string of the molecule is CC[C@@H](Oc1ccccc1Cl)C(=O)Nc1cc(C(=O)OC)cc(C(=O)OC)c1. The molecule has 2 aromatic carbocycles. The molecule has 148 valence electrons. The summed E-state index contributed by atoms with van der Waals surface area (Å²) in [7, 11) is 2.44. The van der Waals surface area contributed by atoms with Gasteiger partial charge in [-0.15, -0.1) is 0 Å². The van der Waals surface area contributed by atoms with Gasteiger partial charge in [-0.2, -0.15) is 0 Å². The van der Waals surface area contributed by atoms with Gasteiger partial charge in [0.25, 0.3) is 5.91 Å². The number of hydrogen-bond acceptors (Lipinski definition) is 6. The molecule has 7 nitrogen and oxygen atoms in total. The molecule has 1 atom stereocenters. The molecule has 28 heavy (non-hydrogen) atoms. The fraction of sp³-hybridized carbons (Fsp3) is 0.250. The van der Waals surface area contributed by atoms with E-state index in [2.05, 4.69) is 14.8 Å². The number of para-hydroxylation sites is 1. The quantitative estimate of drug-likeness (QED) is 0.706. The van der Waals surface area contributed by atoms with Crippen LogP contribution in [0.4, 0.5) is 5.69 Å². The molecular weight excluding hydrogens is 386 g/mol. The number of carbonyl (C=O) groups is 3. The summed E-state index contributed by atoms with van der Waals surface area (Å²) in [4.78, 5) is 36.4. The van der Waals surface area contributed by atoms with Gasteiger partial charge in [0.2, 0.25) is 0 Å². The molecule has 0 fully saturated rings. The number of benzene rings is 2. The number of anilines is 1. The smallest absolute Gasteiger partial charge is 0.337 e. The number of carbonyl (C=O) groups excluding carboxylic acids is 3. The Balaban J connectivity index is 2.26. The zero-order chi connectivity index (χ0) is 20.7. The van der Waals surface area contributed by atoms with Crippen molar-refractivity contribution in [3.8, 4) is 5.75 Å². The maximum atomic E-state index is 12.6. The van der Waals surface area contributed by atoms with Gasteiger partial charge >= 0.3 is 11.9 Å². The summed E-state index contributed by atoms with van der Waals surface area (Å²) < 4.78 is 15.1. The number of hydrogen-bond donors (Lipinski definition) is 1. The lowest BCUT2D eigenvalue weighted by Gasteiger charge is -2.18. The summed E-state index contributed by atoms with van der Waals surface area (Å²) >= 11 is 6.07. The Bertz CT molecular complexity index is 848. The minimum Gasteiger partial charge on any atom is -0.479 e. The van der Waals surface area contributed by atoms with Crippen molar-refractivity contribution in [1.82, 2.24) is 0 Å². The minimum atomic E-state index is -0.830. The van der Waals surface area contributed by atoms with E-state index in [1.807, 2.05) is 0 Å². The van der Waals surface area contributed by atoms with E-state index < -0.39 is 23.9 Å². The first-order valence-corrected chi connectivity index (χ1v) is 8.81. The molecule has 0 saturated heterocycles. The van der Waals surface area contributed by atoms with Crippen LogP contribution in [-0.4, -0.2) is 38.2 Å². The number of rotatable bonds is 7. The van der Waals surface area contributed by atoms with Crippen LogP contribution in [0.15, 0.2) is 42.5 Å². The van der Waals surface area contributed by atoms with Gasteiger partial charge < -0.3 is 19.5 Å². The van der Waals surface area contributed by atoms with Crippen molar-refractivity contribution >= 4 is 35.1 Å². The minimum absolute atomic E-state index is 0.0979. The van der Waals surface area contributed by atoms with Crippen LogP contribution in [0.1, 0.15) is 34.1 Å². The van der Waals surface area contributed by atoms with Gasteiger partial charge in [0.05, 0.1) is 30.4 Å². The molecule has 0 bridgehead atoms. The third kappa shape index (κ3) is 5.23. The van der Waals surface area contributed by atoms with Crippen LogP contribution in [0.25, 0.3) is 0 Å². The molecule has 0 spiro atoms. The fourth-order valence-corrected chi connectivity index (χ4v) is 2.59. The average molecular weight is 406 g/mol. The molecule has 0 heterocycles. The molecule has 8 heteroatoms. The third-order valence-corrected chi connectivity index (χ3v) is 4.12. The van der Waals surface area contributed by atoms with Crippen LogP contribution in [0.5, 0.6) is 5.75 Å². The number of nitrogens with one attached hydrogen (secondary N) is 1. The first-order chi connectivity index (χ1) is 13.4. The van der Waals surface area contributed by atoms with Gasteiger partial charge in [0.15, 0.2) is 6.10 Å². The lowest BCUT2D eigenvalue weighted by Crippen LogP contribution is -2.32. The normalized spacial score (nSPS) is 11.3. The third-order valence-electron chi connectivity index (χ3n) is 3.81. The maximum Gasteiger partial charge on any atom is 0.337 e. The molecule has 0 saturated carbocycles. The van der Waals surface area contributed by atoms with Crippen molar-refractivity contribution in [2.45, 2.75) is 19.4 Å². The molecule has 1 amide bonds. The number of ether oxygens (including phenoxy) is 3. The van der Waals surface area contributed by atoms with Crippen molar-refractivity contribution in [2.75, 3.05) is 19.5 Å². The highest BCUT2D eigenvalue weighted by Crippen LogP contribution is 2.25. The molecule has 0 radical (unpaired) electrons. The van der Waals surface area contributed by atoms with Crippen molar-refractivity contribution in [3.63, 3.8) is 0 Å². The predicted molar refractivity (Wildman–Crippen MR) is 104 cm³/mol. The summed E-state index contributed by atoms with van der Waals surface area (Å²) in [6.45, 7) is 1.78. The predicted octanol–water partition coefficient (Wildman–Crippen LogP) is 3.71. The summed E-state index contributed by atoms with van der Waals surface area (Å²) in [6, 6.07) is 10.9. The Morgan fingerprint density at radius 1 is 1.00 bits per heavy atom. The van der Waals surface area contributed by atoms with E-state index in [4.69, 9.17) is 16.3 Å². The van der Waals surface area contributed by atoms with Crippen molar-refractivity contribution in [2.24, 2.45) is 0 Å². The summed E-state index contributed by atoms with van der Waals surface area (Å²) in [5.41, 5.74) is 0.427. The largest absolute Gasteiger partial charge is 0.479 e. The highest BCUT2D eigenvalue weighted by atomic mass is 35.5. The zero-order valence-electron chi connectivity index (χ0n) is 15.7. The number of esters is 2. The number of methoxy groups -OCH3 is 2. The monoisotopic (exact) mass is 405 g/mol. The molecule has 0 aliphatic heterocycles. The first kappa shape index (κ1) is 21.2. The second-order valence-corrected chi connectivity index (χ2v) is 6.12.